The summed E-state index contributed by atoms with van der Waals surface area (Å²) in [5.74, 6) is -0.854. The number of likely N-dealkylation sites (N-methyl/N-ethyl adjacent to an activating group) is 1. The van der Waals surface area contributed by atoms with Crippen molar-refractivity contribution in [1.82, 2.24) is 0 Å². The third kappa shape index (κ3) is 52.6. The lowest BCUT2D eigenvalue weighted by molar-refractivity contribution is -0.870. The number of carbonyl (C=O) groups excluding carboxylic acids is 2. The van der Waals surface area contributed by atoms with E-state index in [4.69, 9.17) is 18.5 Å². The average Bonchev–Trinajstić information content (AvgIpc) is 3.30. The molecular weight excluding hydrogens is 870 g/mol. The van der Waals surface area contributed by atoms with Crippen LogP contribution in [0.15, 0.2) is 85.1 Å². The number of rotatable bonds is 49. The van der Waals surface area contributed by atoms with E-state index in [9.17, 15) is 19.0 Å². The highest BCUT2D eigenvalue weighted by molar-refractivity contribution is 7.45. The number of quaternary nitrogens is 1. The zero-order chi connectivity index (χ0) is 49.9. The first-order valence-corrected chi connectivity index (χ1v) is 28.8. The van der Waals surface area contributed by atoms with Crippen LogP contribution in [0.4, 0.5) is 0 Å². The first-order valence-electron chi connectivity index (χ1n) is 27.3. The molecule has 0 aromatic carbocycles. The van der Waals surface area contributed by atoms with Crippen LogP contribution < -0.4 is 4.89 Å². The van der Waals surface area contributed by atoms with E-state index in [1.165, 1.54) is 83.5 Å². The van der Waals surface area contributed by atoms with Crippen LogP contribution in [-0.4, -0.2) is 70.0 Å². The Bertz CT molecular complexity index is 1420. The fourth-order valence-electron chi connectivity index (χ4n) is 7.25. The van der Waals surface area contributed by atoms with Gasteiger partial charge in [-0.15, -0.1) is 0 Å². The number of ether oxygens (including phenoxy) is 2. The van der Waals surface area contributed by atoms with Crippen LogP contribution in [-0.2, 0) is 32.7 Å². The molecule has 0 aromatic heterocycles. The van der Waals surface area contributed by atoms with Crippen LogP contribution in [0.2, 0.25) is 0 Å². The van der Waals surface area contributed by atoms with Gasteiger partial charge in [0.15, 0.2) is 6.10 Å². The van der Waals surface area contributed by atoms with Crippen LogP contribution in [0.1, 0.15) is 219 Å². The zero-order valence-corrected chi connectivity index (χ0v) is 45.2. The molecule has 0 bridgehead atoms. The molecule has 0 amide bonds. The normalized spacial score (nSPS) is 14.0. The minimum Gasteiger partial charge on any atom is -0.756 e. The van der Waals surface area contributed by atoms with E-state index in [-0.39, 0.29) is 26.1 Å². The van der Waals surface area contributed by atoms with E-state index in [0.29, 0.717) is 23.9 Å². The molecule has 0 spiro atoms. The zero-order valence-electron chi connectivity index (χ0n) is 44.3. The number of allylic oxidation sites excluding steroid dienone is 14. The van der Waals surface area contributed by atoms with Gasteiger partial charge in [-0.1, -0.05) is 208 Å². The minimum atomic E-state index is -4.64. The first kappa shape index (κ1) is 65.2. The van der Waals surface area contributed by atoms with Crippen LogP contribution in [0.25, 0.3) is 0 Å². The number of hydrogen-bond acceptors (Lipinski definition) is 8. The van der Waals surface area contributed by atoms with Gasteiger partial charge in [-0.05, 0) is 83.5 Å². The van der Waals surface area contributed by atoms with Crippen LogP contribution in [0.3, 0.4) is 0 Å². The molecule has 2 unspecified atom stereocenters. The van der Waals surface area contributed by atoms with Gasteiger partial charge in [-0.2, -0.15) is 0 Å². The molecular formula is C58H102NO8P. The third-order valence-electron chi connectivity index (χ3n) is 11.4. The minimum absolute atomic E-state index is 0.0367. The van der Waals surface area contributed by atoms with Crippen molar-refractivity contribution >= 4 is 19.8 Å². The predicted molar refractivity (Wildman–Crippen MR) is 286 cm³/mol. The van der Waals surface area contributed by atoms with E-state index in [1.54, 1.807) is 0 Å². The van der Waals surface area contributed by atoms with E-state index in [1.807, 2.05) is 21.1 Å². The van der Waals surface area contributed by atoms with Crippen molar-refractivity contribution in [3.63, 3.8) is 0 Å². The fraction of sp³-hybridized carbons (Fsp3) is 0.724. The summed E-state index contributed by atoms with van der Waals surface area (Å²) < 4.78 is 34.1. The fourth-order valence-corrected chi connectivity index (χ4v) is 7.98. The molecule has 392 valence electrons. The Kier molecular flexibility index (Phi) is 47.2. The topological polar surface area (TPSA) is 111 Å². The van der Waals surface area contributed by atoms with Crippen molar-refractivity contribution in [3.8, 4) is 0 Å². The quantitative estimate of drug-likeness (QED) is 0.0195. The molecule has 0 saturated carbocycles. The van der Waals surface area contributed by atoms with Gasteiger partial charge in [0.05, 0.1) is 27.7 Å². The number of unbranched alkanes of at least 4 members (excludes halogenated alkanes) is 21. The lowest BCUT2D eigenvalue weighted by Crippen LogP contribution is -2.37. The summed E-state index contributed by atoms with van der Waals surface area (Å²) in [6.07, 6.45) is 64.9. The highest BCUT2D eigenvalue weighted by atomic mass is 31.2. The molecule has 9 nitrogen and oxygen atoms in total. The van der Waals surface area contributed by atoms with Gasteiger partial charge in [-0.3, -0.25) is 14.2 Å². The van der Waals surface area contributed by atoms with Crippen LogP contribution in [0.5, 0.6) is 0 Å². The van der Waals surface area contributed by atoms with E-state index in [2.05, 4.69) is 98.9 Å². The molecule has 0 saturated heterocycles. The molecule has 0 fully saturated rings. The van der Waals surface area contributed by atoms with Gasteiger partial charge in [0.2, 0.25) is 0 Å². The van der Waals surface area contributed by atoms with Crippen molar-refractivity contribution in [2.75, 3.05) is 47.5 Å². The number of esters is 2. The molecule has 0 radical (unpaired) electrons. The smallest absolute Gasteiger partial charge is 0.306 e. The van der Waals surface area contributed by atoms with Crippen molar-refractivity contribution in [1.29, 1.82) is 0 Å². The third-order valence-corrected chi connectivity index (χ3v) is 12.4. The predicted octanol–water partition coefficient (Wildman–Crippen LogP) is 16.1. The first-order chi connectivity index (χ1) is 33.0. The summed E-state index contributed by atoms with van der Waals surface area (Å²) >= 11 is 0. The Morgan fingerprint density at radius 1 is 0.456 bits per heavy atom. The maximum absolute atomic E-state index is 12.8. The summed E-state index contributed by atoms with van der Waals surface area (Å²) in [5, 5.41) is 0. The van der Waals surface area contributed by atoms with Gasteiger partial charge in [-0.25, -0.2) is 0 Å². The molecule has 0 aliphatic heterocycles. The van der Waals surface area contributed by atoms with Crippen molar-refractivity contribution < 1.29 is 42.1 Å². The highest BCUT2D eigenvalue weighted by Gasteiger charge is 2.21. The van der Waals surface area contributed by atoms with Crippen molar-refractivity contribution in [3.05, 3.63) is 85.1 Å². The number of hydrogen-bond donors (Lipinski definition) is 0. The second-order valence-corrected chi connectivity index (χ2v) is 20.6. The monoisotopic (exact) mass is 972 g/mol. The average molecular weight is 972 g/mol. The number of phosphoric ester groups is 1. The lowest BCUT2D eigenvalue weighted by atomic mass is 10.0. The number of carbonyl (C=O) groups is 2. The highest BCUT2D eigenvalue weighted by Crippen LogP contribution is 2.38. The molecule has 0 rings (SSSR count). The standard InChI is InChI=1S/C58H102NO8P/c1-6-8-10-12-14-16-18-20-22-23-24-25-26-27-28-29-30-31-32-33-34-35-37-39-41-43-45-47-49-51-58(61)67-56(55-66-68(62,63)65-53-52-59(3,4)5)54-64-57(60)50-48-46-44-42-40-38-36-21-19-17-15-13-11-9-7-2/h8-11,14-17,20-22,24-25,36,56H,6-7,12-13,18-19,23,26-35,37-55H2,1-5H3/b10-8-,11-9-,16-14-,17-15-,22-20-,25-24-,36-21-. The summed E-state index contributed by atoms with van der Waals surface area (Å²) in [4.78, 5) is 37.8. The maximum Gasteiger partial charge on any atom is 0.306 e. The second-order valence-electron chi connectivity index (χ2n) is 19.2. The van der Waals surface area contributed by atoms with Gasteiger partial charge in [0.25, 0.3) is 7.82 Å². The molecule has 0 heterocycles. The Hall–Kier alpha value is -2.81. The summed E-state index contributed by atoms with van der Waals surface area (Å²) in [5.41, 5.74) is 0. The Morgan fingerprint density at radius 3 is 1.18 bits per heavy atom. The van der Waals surface area contributed by atoms with E-state index >= 15 is 0 Å². The molecule has 0 aliphatic rings. The molecule has 68 heavy (non-hydrogen) atoms. The Morgan fingerprint density at radius 2 is 0.794 bits per heavy atom. The van der Waals surface area contributed by atoms with Gasteiger partial charge in [0, 0.05) is 12.8 Å². The van der Waals surface area contributed by atoms with Gasteiger partial charge >= 0.3 is 11.9 Å². The molecule has 0 aromatic rings. The molecule has 0 N–H and O–H groups in total. The van der Waals surface area contributed by atoms with Crippen LogP contribution in [0, 0.1) is 0 Å². The van der Waals surface area contributed by atoms with Crippen molar-refractivity contribution in [2.24, 2.45) is 0 Å². The van der Waals surface area contributed by atoms with Crippen LogP contribution >= 0.6 is 7.82 Å². The SMILES string of the molecule is CC/C=C\C/C=C\C/C=C\C/C=C\CCCCCCCCCCCCCCCCCCC(=O)OC(COC(=O)CCCCCCC/C=C\C/C=C\C/C=C\CC)COP(=O)([O-])OCC[N+](C)(C)C. The summed E-state index contributed by atoms with van der Waals surface area (Å²) in [7, 11) is 1.15. The molecule has 10 heteroatoms. The largest absolute Gasteiger partial charge is 0.756 e. The lowest BCUT2D eigenvalue weighted by Gasteiger charge is -2.28. The Labute approximate surface area is 418 Å². The van der Waals surface area contributed by atoms with E-state index in [0.717, 1.165) is 96.3 Å². The Balaban J connectivity index is 4.14. The summed E-state index contributed by atoms with van der Waals surface area (Å²) in [6, 6.07) is 0. The van der Waals surface area contributed by atoms with E-state index < -0.39 is 32.5 Å². The van der Waals surface area contributed by atoms with Gasteiger partial charge < -0.3 is 27.9 Å². The summed E-state index contributed by atoms with van der Waals surface area (Å²) in [6.45, 7) is 3.99. The number of phosphoric acid groups is 1. The van der Waals surface area contributed by atoms with Crippen molar-refractivity contribution in [2.45, 2.75) is 225 Å². The van der Waals surface area contributed by atoms with Gasteiger partial charge in [0.1, 0.15) is 19.8 Å². The second kappa shape index (κ2) is 49.2. The maximum atomic E-state index is 12.8. The number of nitrogens with zero attached hydrogens (tertiary/aromatic N) is 1. The molecule has 0 aliphatic carbocycles. The molecule has 2 atom stereocenters.